The van der Waals surface area contributed by atoms with Gasteiger partial charge in [0, 0.05) is 50.0 Å². The summed E-state index contributed by atoms with van der Waals surface area (Å²) in [5.41, 5.74) is 18.6. The summed E-state index contributed by atoms with van der Waals surface area (Å²) in [6, 6.07) is 27.6. The minimum Gasteiger partial charge on any atom is -0.357 e. The van der Waals surface area contributed by atoms with Crippen LogP contribution in [0.3, 0.4) is 0 Å². The highest BCUT2D eigenvalue weighted by atomic mass is 14.8. The first kappa shape index (κ1) is 34.8. The van der Waals surface area contributed by atoms with Crippen LogP contribution in [-0.4, -0.2) is 19.9 Å². The average molecular weight is 711 g/mol. The van der Waals surface area contributed by atoms with Crippen LogP contribution in [0.25, 0.3) is 72.6 Å². The van der Waals surface area contributed by atoms with Crippen LogP contribution >= 0.6 is 0 Å². The number of pyridine rings is 2. The van der Waals surface area contributed by atoms with Crippen LogP contribution in [0.1, 0.15) is 129 Å². The molecule has 5 heterocycles. The van der Waals surface area contributed by atoms with Crippen molar-refractivity contribution in [2.45, 2.75) is 112 Å². The van der Waals surface area contributed by atoms with E-state index in [0.717, 1.165) is 62.4 Å². The van der Waals surface area contributed by atoms with Gasteiger partial charge >= 0.3 is 0 Å². The van der Waals surface area contributed by atoms with Crippen molar-refractivity contribution in [2.24, 2.45) is 5.41 Å². The molecule has 4 heteroatoms. The highest BCUT2D eigenvalue weighted by Crippen LogP contribution is 2.49. The Labute approximate surface area is 320 Å². The lowest BCUT2D eigenvalue weighted by molar-refractivity contribution is 0.472. The molecule has 3 aromatic carbocycles. The van der Waals surface area contributed by atoms with E-state index in [4.69, 9.17) is 9.97 Å². The predicted octanol–water partition coefficient (Wildman–Crippen LogP) is 13.8. The van der Waals surface area contributed by atoms with Gasteiger partial charge < -0.3 is 9.97 Å². The maximum absolute atomic E-state index is 5.63. The van der Waals surface area contributed by atoms with Gasteiger partial charge in [0.1, 0.15) is 0 Å². The number of benzene rings is 3. The molecule has 9 rings (SSSR count). The Kier molecular flexibility index (Phi) is 7.27. The van der Waals surface area contributed by atoms with E-state index in [9.17, 15) is 0 Å². The van der Waals surface area contributed by atoms with Crippen molar-refractivity contribution in [1.82, 2.24) is 19.9 Å². The van der Waals surface area contributed by atoms with E-state index in [1.165, 1.54) is 49.7 Å². The van der Waals surface area contributed by atoms with Crippen molar-refractivity contribution in [3.8, 4) is 33.8 Å². The Hall–Kier alpha value is -4.96. The second kappa shape index (κ2) is 11.3. The molecular formula is C50H54N4. The lowest BCUT2D eigenvalue weighted by Gasteiger charge is -2.31. The maximum atomic E-state index is 5.63. The molecule has 0 amide bonds. The number of hydrogen-bond acceptors (Lipinski definition) is 2. The van der Waals surface area contributed by atoms with Crippen molar-refractivity contribution >= 4 is 38.8 Å². The van der Waals surface area contributed by atoms with Gasteiger partial charge in [-0.2, -0.15) is 0 Å². The van der Waals surface area contributed by atoms with E-state index in [1.54, 1.807) is 0 Å². The quantitative estimate of drug-likeness (QED) is 0.165. The third-order valence-electron chi connectivity index (χ3n) is 12.2. The van der Waals surface area contributed by atoms with E-state index < -0.39 is 0 Å². The Morgan fingerprint density at radius 3 is 1.43 bits per heavy atom. The topological polar surface area (TPSA) is 57.4 Å². The van der Waals surface area contributed by atoms with E-state index in [2.05, 4.69) is 172 Å². The molecule has 274 valence electrons. The summed E-state index contributed by atoms with van der Waals surface area (Å²) in [4.78, 5) is 19.3. The second-order valence-electron chi connectivity index (χ2n) is 20.2. The molecule has 4 nitrogen and oxygen atoms in total. The van der Waals surface area contributed by atoms with Crippen molar-refractivity contribution < 1.29 is 0 Å². The summed E-state index contributed by atoms with van der Waals surface area (Å²) in [6.07, 6.45) is 3.39. The number of aromatic amines is 2. The highest BCUT2D eigenvalue weighted by molar-refractivity contribution is 6.16. The third-order valence-corrected chi connectivity index (χ3v) is 12.2. The van der Waals surface area contributed by atoms with Gasteiger partial charge in [-0.1, -0.05) is 107 Å². The molecule has 0 fully saturated rings. The lowest BCUT2D eigenvalue weighted by atomic mass is 9.74. The van der Waals surface area contributed by atoms with Crippen molar-refractivity contribution in [1.29, 1.82) is 0 Å². The molecule has 2 N–H and O–H groups in total. The van der Waals surface area contributed by atoms with Crippen LogP contribution in [0, 0.1) is 5.41 Å². The fourth-order valence-electron chi connectivity index (χ4n) is 8.64. The number of nitrogens with one attached hydrogen (secondary N) is 2. The molecule has 1 aliphatic heterocycles. The molecule has 2 aliphatic rings. The highest BCUT2D eigenvalue weighted by Gasteiger charge is 2.34. The van der Waals surface area contributed by atoms with Crippen LogP contribution in [0.5, 0.6) is 0 Å². The molecule has 7 aromatic rings. The molecule has 4 aromatic heterocycles. The largest absolute Gasteiger partial charge is 0.357 e. The monoisotopic (exact) mass is 710 g/mol. The molecule has 0 spiro atoms. The van der Waals surface area contributed by atoms with Gasteiger partial charge in [0.25, 0.3) is 0 Å². The molecule has 54 heavy (non-hydrogen) atoms. The van der Waals surface area contributed by atoms with Crippen molar-refractivity contribution in [3.05, 3.63) is 112 Å². The first-order chi connectivity index (χ1) is 25.3. The van der Waals surface area contributed by atoms with Crippen LogP contribution in [-0.2, 0) is 16.2 Å². The summed E-state index contributed by atoms with van der Waals surface area (Å²) >= 11 is 0. The molecule has 8 bridgehead atoms. The van der Waals surface area contributed by atoms with Crippen LogP contribution in [0.4, 0.5) is 0 Å². The first-order valence-corrected chi connectivity index (χ1v) is 19.8. The zero-order chi connectivity index (χ0) is 38.3. The third kappa shape index (κ3) is 5.47. The standard InChI is InChI=1S/C50H54N4/c1-47(2,3)27-19-31-32-20-28(48(4,5)6)24-36-41-17-14-18-42(52-41)38-26-30(50(10,11)12)22-34-33-21-29(49(7,8)9)25-37(45(33)54-46(34)38)40-16-13-15-39(51-40)35(23-27)43(31)53-44(32)36/h13-25,38,53-54H,26H2,1-12H3. The second-order valence-corrected chi connectivity index (χ2v) is 20.2. The number of aromatic nitrogens is 4. The van der Waals surface area contributed by atoms with Crippen LogP contribution < -0.4 is 0 Å². The molecule has 1 aliphatic carbocycles. The summed E-state index contributed by atoms with van der Waals surface area (Å²) in [5.74, 6) is 0.0784. The fourth-order valence-corrected chi connectivity index (χ4v) is 8.64. The number of fused-ring (bicyclic) bond motifs is 10. The normalized spacial score (nSPS) is 16.0. The summed E-state index contributed by atoms with van der Waals surface area (Å²) in [5, 5.41) is 3.73. The van der Waals surface area contributed by atoms with Gasteiger partial charge in [-0.3, -0.25) is 4.98 Å². The van der Waals surface area contributed by atoms with Gasteiger partial charge in [-0.25, -0.2) is 4.98 Å². The molecule has 0 radical (unpaired) electrons. The zero-order valence-electron chi connectivity index (χ0n) is 34.2. The van der Waals surface area contributed by atoms with Gasteiger partial charge in [0.15, 0.2) is 0 Å². The fraction of sp³-hybridized carbons (Fsp3) is 0.360. The molecular weight excluding hydrogens is 657 g/mol. The summed E-state index contributed by atoms with van der Waals surface area (Å²) < 4.78 is 0. The smallest absolute Gasteiger partial charge is 0.0730 e. The van der Waals surface area contributed by atoms with Gasteiger partial charge in [-0.15, -0.1) is 0 Å². The van der Waals surface area contributed by atoms with Crippen molar-refractivity contribution in [3.63, 3.8) is 0 Å². The number of H-pyrrole nitrogens is 2. The lowest BCUT2D eigenvalue weighted by Crippen LogP contribution is -2.18. The van der Waals surface area contributed by atoms with Crippen LogP contribution in [0.2, 0.25) is 0 Å². The Balaban J connectivity index is 1.48. The van der Waals surface area contributed by atoms with Gasteiger partial charge in [-0.05, 0) is 105 Å². The minimum atomic E-state index is -0.0598. The van der Waals surface area contributed by atoms with E-state index in [-0.39, 0.29) is 27.6 Å². The molecule has 0 saturated carbocycles. The number of hydrogen-bond donors (Lipinski definition) is 2. The van der Waals surface area contributed by atoms with E-state index in [0.29, 0.717) is 0 Å². The Bertz CT molecular complexity index is 2720. The molecule has 1 unspecified atom stereocenters. The number of nitrogens with zero attached hydrogens (tertiary/aromatic N) is 2. The first-order valence-electron chi connectivity index (χ1n) is 19.8. The molecule has 0 saturated heterocycles. The van der Waals surface area contributed by atoms with Crippen molar-refractivity contribution in [2.75, 3.05) is 0 Å². The van der Waals surface area contributed by atoms with Gasteiger partial charge in [0.2, 0.25) is 0 Å². The average Bonchev–Trinajstić information content (AvgIpc) is 3.67. The minimum absolute atomic E-state index is 0.0103. The number of rotatable bonds is 0. The number of allylic oxidation sites excluding steroid dienone is 1. The molecule has 1 atom stereocenters. The van der Waals surface area contributed by atoms with E-state index in [1.807, 2.05) is 0 Å². The maximum Gasteiger partial charge on any atom is 0.0730 e. The zero-order valence-corrected chi connectivity index (χ0v) is 34.2. The Morgan fingerprint density at radius 2 is 0.944 bits per heavy atom. The van der Waals surface area contributed by atoms with E-state index >= 15 is 0 Å². The summed E-state index contributed by atoms with van der Waals surface area (Å²) in [6.45, 7) is 27.8. The predicted molar refractivity (Wildman–Crippen MR) is 230 cm³/mol. The SMILES string of the molecule is CC(C)(C)C1=Cc2c3[nH]c4c(cc(C(C)(C)C)cc24)-c2cccc(n2)-c2cc(C(C)(C)C)cc4c2[nH]c2c(cc(C(C)(C)C)cc24)-c2cccc(n2)C3C1. The summed E-state index contributed by atoms with van der Waals surface area (Å²) in [7, 11) is 0. The van der Waals surface area contributed by atoms with Crippen LogP contribution in [0.15, 0.2) is 78.4 Å². The van der Waals surface area contributed by atoms with Gasteiger partial charge in [0.05, 0.1) is 39.3 Å². The Morgan fingerprint density at radius 1 is 0.500 bits per heavy atom.